The van der Waals surface area contributed by atoms with Crippen LogP contribution in [0.15, 0.2) is 10.6 Å². The topological polar surface area (TPSA) is 17.1 Å². The van der Waals surface area contributed by atoms with Crippen molar-refractivity contribution in [2.75, 3.05) is 0 Å². The lowest BCUT2D eigenvalue weighted by molar-refractivity contribution is -0.115. The standard InChI is InChI=1S/C10H13ClO/c1-5(11)8-7(12)4-6-9(8)10(6,2)3/h6,9H,4H2,1-3H3/b8-5+/t6-,9-/m1/s1. The number of hydrogen-bond acceptors (Lipinski definition) is 1. The summed E-state index contributed by atoms with van der Waals surface area (Å²) < 4.78 is 0. The molecule has 0 aromatic heterocycles. The Bertz CT molecular complexity index is 284. The third-order valence-corrected chi connectivity index (χ3v) is 3.64. The molecule has 0 heterocycles. The summed E-state index contributed by atoms with van der Waals surface area (Å²) in [6.07, 6.45) is 0.719. The number of allylic oxidation sites excluding steroid dienone is 2. The molecule has 2 aliphatic rings. The Labute approximate surface area is 77.8 Å². The smallest absolute Gasteiger partial charge is 0.160 e. The largest absolute Gasteiger partial charge is 0.294 e. The first-order valence-corrected chi connectivity index (χ1v) is 4.73. The summed E-state index contributed by atoms with van der Waals surface area (Å²) in [4.78, 5) is 11.4. The van der Waals surface area contributed by atoms with Crippen molar-refractivity contribution >= 4 is 17.4 Å². The quantitative estimate of drug-likeness (QED) is 0.529. The van der Waals surface area contributed by atoms with E-state index in [1.807, 2.05) is 6.92 Å². The second-order valence-electron chi connectivity index (χ2n) is 4.48. The van der Waals surface area contributed by atoms with E-state index in [0.29, 0.717) is 22.3 Å². The molecule has 0 spiro atoms. The first-order chi connectivity index (χ1) is 5.46. The minimum atomic E-state index is 0.275. The molecule has 2 aliphatic carbocycles. The fourth-order valence-electron chi connectivity index (χ4n) is 2.59. The lowest BCUT2D eigenvalue weighted by Gasteiger charge is -2.09. The average Bonchev–Trinajstić information content (AvgIpc) is 2.40. The summed E-state index contributed by atoms with van der Waals surface area (Å²) in [5, 5.41) is 0.707. The van der Waals surface area contributed by atoms with Gasteiger partial charge < -0.3 is 0 Å². The third kappa shape index (κ3) is 0.832. The molecule has 2 heteroatoms. The summed E-state index contributed by atoms with van der Waals surface area (Å²) >= 11 is 5.89. The summed E-state index contributed by atoms with van der Waals surface area (Å²) in [6.45, 7) is 6.26. The maximum absolute atomic E-state index is 11.4. The van der Waals surface area contributed by atoms with Gasteiger partial charge in [0.05, 0.1) is 0 Å². The minimum Gasteiger partial charge on any atom is -0.294 e. The normalized spacial score (nSPS) is 41.2. The van der Waals surface area contributed by atoms with Crippen molar-refractivity contribution in [3.05, 3.63) is 10.6 Å². The lowest BCUT2D eigenvalue weighted by Crippen LogP contribution is -2.08. The van der Waals surface area contributed by atoms with Gasteiger partial charge in [-0.25, -0.2) is 0 Å². The number of carbonyl (C=O) groups excluding carboxylic acids is 1. The number of fused-ring (bicyclic) bond motifs is 1. The predicted molar refractivity (Wildman–Crippen MR) is 48.9 cm³/mol. The van der Waals surface area contributed by atoms with E-state index in [1.165, 1.54) is 0 Å². The molecule has 12 heavy (non-hydrogen) atoms. The minimum absolute atomic E-state index is 0.275. The fraction of sp³-hybridized carbons (Fsp3) is 0.700. The zero-order chi connectivity index (χ0) is 9.09. The molecule has 2 saturated carbocycles. The molecule has 2 fully saturated rings. The van der Waals surface area contributed by atoms with E-state index >= 15 is 0 Å². The van der Waals surface area contributed by atoms with E-state index in [9.17, 15) is 4.79 Å². The molecule has 0 amide bonds. The summed E-state index contributed by atoms with van der Waals surface area (Å²) in [6, 6.07) is 0. The van der Waals surface area contributed by atoms with Gasteiger partial charge in [0.15, 0.2) is 5.78 Å². The van der Waals surface area contributed by atoms with Crippen molar-refractivity contribution in [2.45, 2.75) is 27.2 Å². The van der Waals surface area contributed by atoms with Crippen LogP contribution in [0.3, 0.4) is 0 Å². The Morgan fingerprint density at radius 1 is 1.58 bits per heavy atom. The Balaban J connectivity index is 2.37. The van der Waals surface area contributed by atoms with Crippen molar-refractivity contribution in [1.82, 2.24) is 0 Å². The fourth-order valence-corrected chi connectivity index (χ4v) is 2.81. The van der Waals surface area contributed by atoms with Gasteiger partial charge in [0.25, 0.3) is 0 Å². The van der Waals surface area contributed by atoms with Crippen LogP contribution >= 0.6 is 11.6 Å². The molecule has 0 unspecified atom stereocenters. The van der Waals surface area contributed by atoms with Crippen LogP contribution in [-0.2, 0) is 4.79 Å². The molecule has 0 aromatic carbocycles. The molecular weight excluding hydrogens is 172 g/mol. The van der Waals surface area contributed by atoms with E-state index in [0.717, 1.165) is 12.0 Å². The molecular formula is C10H13ClO. The maximum atomic E-state index is 11.4. The van der Waals surface area contributed by atoms with Crippen molar-refractivity contribution in [1.29, 1.82) is 0 Å². The number of hydrogen-bond donors (Lipinski definition) is 0. The van der Waals surface area contributed by atoms with Gasteiger partial charge in [0.2, 0.25) is 0 Å². The molecule has 0 aromatic rings. The van der Waals surface area contributed by atoms with E-state index < -0.39 is 0 Å². The van der Waals surface area contributed by atoms with Crippen molar-refractivity contribution in [2.24, 2.45) is 17.3 Å². The van der Waals surface area contributed by atoms with E-state index in [1.54, 1.807) is 0 Å². The van der Waals surface area contributed by atoms with Crippen LogP contribution in [-0.4, -0.2) is 5.78 Å². The maximum Gasteiger partial charge on any atom is 0.160 e. The van der Waals surface area contributed by atoms with Crippen LogP contribution in [0.25, 0.3) is 0 Å². The van der Waals surface area contributed by atoms with Gasteiger partial charge in [-0.3, -0.25) is 4.79 Å². The first-order valence-electron chi connectivity index (χ1n) is 4.35. The van der Waals surface area contributed by atoms with Crippen LogP contribution in [0, 0.1) is 17.3 Å². The summed E-state index contributed by atoms with van der Waals surface area (Å²) in [5.74, 6) is 1.31. The monoisotopic (exact) mass is 184 g/mol. The number of Topliss-reactive ketones (excluding diaryl/α,β-unsaturated/α-hetero) is 1. The molecule has 0 N–H and O–H groups in total. The van der Waals surface area contributed by atoms with Crippen LogP contribution in [0.5, 0.6) is 0 Å². The van der Waals surface area contributed by atoms with Crippen LogP contribution < -0.4 is 0 Å². The van der Waals surface area contributed by atoms with Gasteiger partial charge in [-0.1, -0.05) is 25.4 Å². The van der Waals surface area contributed by atoms with Gasteiger partial charge in [0, 0.05) is 17.0 Å². The second-order valence-corrected chi connectivity index (χ2v) is 5.05. The summed E-state index contributed by atoms with van der Waals surface area (Å²) in [7, 11) is 0. The third-order valence-electron chi connectivity index (χ3n) is 3.44. The predicted octanol–water partition coefficient (Wildman–Crippen LogP) is 2.74. The Kier molecular flexibility index (Phi) is 1.48. The highest BCUT2D eigenvalue weighted by Crippen LogP contribution is 2.68. The number of ketones is 1. The number of rotatable bonds is 0. The molecule has 0 saturated heterocycles. The van der Waals surface area contributed by atoms with Crippen LogP contribution in [0.2, 0.25) is 0 Å². The van der Waals surface area contributed by atoms with Gasteiger partial charge in [-0.05, 0) is 24.2 Å². The van der Waals surface area contributed by atoms with E-state index in [2.05, 4.69) is 13.8 Å². The van der Waals surface area contributed by atoms with Crippen LogP contribution in [0.1, 0.15) is 27.2 Å². The molecule has 2 atom stereocenters. The van der Waals surface area contributed by atoms with Crippen molar-refractivity contribution in [3.8, 4) is 0 Å². The van der Waals surface area contributed by atoms with E-state index in [-0.39, 0.29) is 5.78 Å². The Morgan fingerprint density at radius 2 is 2.17 bits per heavy atom. The van der Waals surface area contributed by atoms with Crippen molar-refractivity contribution < 1.29 is 4.79 Å². The summed E-state index contributed by atoms with van der Waals surface area (Å²) in [5.41, 5.74) is 1.24. The SMILES string of the molecule is C/C(Cl)=C1/C(=O)C[C@@H]2[C@H]1C2(C)C. The first kappa shape index (κ1) is 8.31. The number of halogens is 1. The molecule has 0 aliphatic heterocycles. The van der Waals surface area contributed by atoms with Crippen LogP contribution in [0.4, 0.5) is 0 Å². The highest BCUT2D eigenvalue weighted by atomic mass is 35.5. The highest BCUT2D eigenvalue weighted by Gasteiger charge is 2.65. The number of carbonyl (C=O) groups is 1. The molecule has 0 radical (unpaired) electrons. The van der Waals surface area contributed by atoms with Gasteiger partial charge in [-0.15, -0.1) is 0 Å². The van der Waals surface area contributed by atoms with Gasteiger partial charge >= 0.3 is 0 Å². The molecule has 2 rings (SSSR count). The molecule has 66 valence electrons. The highest BCUT2D eigenvalue weighted by molar-refractivity contribution is 6.32. The zero-order valence-corrected chi connectivity index (χ0v) is 8.40. The Hall–Kier alpha value is -0.300. The van der Waals surface area contributed by atoms with Gasteiger partial charge in [0.1, 0.15) is 0 Å². The molecule has 1 nitrogen and oxygen atoms in total. The Morgan fingerprint density at radius 3 is 2.50 bits per heavy atom. The molecule has 0 bridgehead atoms. The van der Waals surface area contributed by atoms with Gasteiger partial charge in [-0.2, -0.15) is 0 Å². The zero-order valence-electron chi connectivity index (χ0n) is 7.65. The lowest BCUT2D eigenvalue weighted by atomic mass is 9.96. The van der Waals surface area contributed by atoms with E-state index in [4.69, 9.17) is 11.6 Å². The second kappa shape index (κ2) is 2.14. The van der Waals surface area contributed by atoms with Crippen molar-refractivity contribution in [3.63, 3.8) is 0 Å². The average molecular weight is 185 g/mol.